The van der Waals surface area contributed by atoms with Crippen LogP contribution in [0.15, 0.2) is 18.3 Å². The Balaban J connectivity index is 1.76. The standard InChI is InChI=1S/C14H20N6O/c1-19(2)14(7-3-4-8-14)10-15-13(21)11-6-5-9-20-12(11)16-17-18-20/h5-6,9H,3-4,7-8,10H2,1-2H3,(H,15,21). The number of amides is 1. The molecule has 7 nitrogen and oxygen atoms in total. The van der Waals surface area contributed by atoms with E-state index in [4.69, 9.17) is 0 Å². The summed E-state index contributed by atoms with van der Waals surface area (Å²) in [6.45, 7) is 0.654. The van der Waals surface area contributed by atoms with Gasteiger partial charge in [-0.3, -0.25) is 4.79 Å². The quantitative estimate of drug-likeness (QED) is 0.897. The summed E-state index contributed by atoms with van der Waals surface area (Å²) in [7, 11) is 4.17. The van der Waals surface area contributed by atoms with Gasteiger partial charge in [-0.15, -0.1) is 5.10 Å². The summed E-state index contributed by atoms with van der Waals surface area (Å²) in [4.78, 5) is 14.7. The number of likely N-dealkylation sites (N-methyl/N-ethyl adjacent to an activating group) is 1. The first kappa shape index (κ1) is 13.9. The van der Waals surface area contributed by atoms with Gasteiger partial charge in [-0.05, 0) is 49.5 Å². The zero-order chi connectivity index (χ0) is 14.9. The monoisotopic (exact) mass is 288 g/mol. The van der Waals surface area contributed by atoms with Gasteiger partial charge in [-0.2, -0.15) is 4.52 Å². The van der Waals surface area contributed by atoms with E-state index in [0.717, 1.165) is 12.8 Å². The average Bonchev–Trinajstić information content (AvgIpc) is 3.13. The van der Waals surface area contributed by atoms with E-state index in [9.17, 15) is 4.79 Å². The number of fused-ring (bicyclic) bond motifs is 1. The van der Waals surface area contributed by atoms with Crippen molar-refractivity contribution in [3.63, 3.8) is 0 Å². The maximum Gasteiger partial charge on any atom is 0.255 e. The number of aromatic nitrogens is 4. The highest BCUT2D eigenvalue weighted by molar-refractivity contribution is 5.99. The third-order valence-corrected chi connectivity index (χ3v) is 4.53. The van der Waals surface area contributed by atoms with Crippen LogP contribution in [0.1, 0.15) is 36.0 Å². The van der Waals surface area contributed by atoms with E-state index in [2.05, 4.69) is 39.8 Å². The Labute approximate surface area is 123 Å². The summed E-state index contributed by atoms with van der Waals surface area (Å²) in [5, 5.41) is 14.4. The molecule has 2 heterocycles. The summed E-state index contributed by atoms with van der Waals surface area (Å²) in [6.07, 6.45) is 6.41. The van der Waals surface area contributed by atoms with E-state index in [0.29, 0.717) is 17.8 Å². The Morgan fingerprint density at radius 1 is 1.43 bits per heavy atom. The molecule has 2 aromatic heterocycles. The van der Waals surface area contributed by atoms with Gasteiger partial charge >= 0.3 is 0 Å². The summed E-state index contributed by atoms with van der Waals surface area (Å²) in [5.41, 5.74) is 1.07. The van der Waals surface area contributed by atoms with Gasteiger partial charge in [-0.1, -0.05) is 12.8 Å². The van der Waals surface area contributed by atoms with Gasteiger partial charge in [0.1, 0.15) is 0 Å². The molecule has 0 atom stereocenters. The highest BCUT2D eigenvalue weighted by Crippen LogP contribution is 2.33. The number of hydrogen-bond acceptors (Lipinski definition) is 5. The maximum absolute atomic E-state index is 12.4. The fourth-order valence-corrected chi connectivity index (χ4v) is 3.10. The molecule has 1 saturated carbocycles. The molecule has 0 saturated heterocycles. The minimum atomic E-state index is -0.122. The molecule has 7 heteroatoms. The van der Waals surface area contributed by atoms with Crippen LogP contribution < -0.4 is 5.32 Å². The topological polar surface area (TPSA) is 75.4 Å². The van der Waals surface area contributed by atoms with Crippen molar-refractivity contribution in [2.45, 2.75) is 31.2 Å². The normalized spacial score (nSPS) is 17.5. The molecule has 3 rings (SSSR count). The molecule has 0 unspecified atom stereocenters. The van der Waals surface area contributed by atoms with Crippen LogP contribution in [0, 0.1) is 0 Å². The summed E-state index contributed by atoms with van der Waals surface area (Å²) >= 11 is 0. The number of carbonyl (C=O) groups is 1. The van der Waals surface area contributed by atoms with Crippen molar-refractivity contribution in [1.82, 2.24) is 30.3 Å². The number of hydrogen-bond donors (Lipinski definition) is 1. The van der Waals surface area contributed by atoms with Gasteiger partial charge in [0, 0.05) is 18.3 Å². The Bertz CT molecular complexity index is 644. The summed E-state index contributed by atoms with van der Waals surface area (Å²) in [5.74, 6) is -0.122. The van der Waals surface area contributed by atoms with Gasteiger partial charge in [0.15, 0.2) is 5.65 Å². The smallest absolute Gasteiger partial charge is 0.255 e. The predicted octanol–water partition coefficient (Wildman–Crippen LogP) is 0.728. The zero-order valence-corrected chi connectivity index (χ0v) is 12.4. The Morgan fingerprint density at radius 3 is 2.90 bits per heavy atom. The Morgan fingerprint density at radius 2 is 2.19 bits per heavy atom. The molecule has 0 radical (unpaired) electrons. The fourth-order valence-electron chi connectivity index (χ4n) is 3.10. The van der Waals surface area contributed by atoms with Crippen molar-refractivity contribution in [3.05, 3.63) is 23.9 Å². The number of tetrazole rings is 1. The van der Waals surface area contributed by atoms with Gasteiger partial charge < -0.3 is 10.2 Å². The highest BCUT2D eigenvalue weighted by atomic mass is 16.1. The van der Waals surface area contributed by atoms with Crippen molar-refractivity contribution in [2.24, 2.45) is 0 Å². The molecule has 1 N–H and O–H groups in total. The number of rotatable bonds is 4. The maximum atomic E-state index is 12.4. The van der Waals surface area contributed by atoms with Crippen LogP contribution in [0.5, 0.6) is 0 Å². The van der Waals surface area contributed by atoms with E-state index in [-0.39, 0.29) is 11.4 Å². The Kier molecular flexibility index (Phi) is 3.59. The predicted molar refractivity (Wildman–Crippen MR) is 78.0 cm³/mol. The zero-order valence-electron chi connectivity index (χ0n) is 12.4. The highest BCUT2D eigenvalue weighted by Gasteiger charge is 2.36. The van der Waals surface area contributed by atoms with Crippen molar-refractivity contribution in [2.75, 3.05) is 20.6 Å². The second-order valence-electron chi connectivity index (χ2n) is 5.88. The minimum Gasteiger partial charge on any atom is -0.350 e. The average molecular weight is 288 g/mol. The first-order valence-electron chi connectivity index (χ1n) is 7.25. The largest absolute Gasteiger partial charge is 0.350 e. The van der Waals surface area contributed by atoms with E-state index < -0.39 is 0 Å². The van der Waals surface area contributed by atoms with Gasteiger partial charge in [0.05, 0.1) is 5.56 Å². The van der Waals surface area contributed by atoms with Crippen LogP contribution in [0.2, 0.25) is 0 Å². The van der Waals surface area contributed by atoms with Gasteiger partial charge in [-0.25, -0.2) is 0 Å². The second kappa shape index (κ2) is 5.40. The second-order valence-corrected chi connectivity index (χ2v) is 5.88. The first-order chi connectivity index (χ1) is 10.1. The lowest BCUT2D eigenvalue weighted by Gasteiger charge is -2.36. The summed E-state index contributed by atoms with van der Waals surface area (Å²) < 4.78 is 1.51. The van der Waals surface area contributed by atoms with Crippen LogP contribution in [-0.2, 0) is 0 Å². The van der Waals surface area contributed by atoms with Crippen LogP contribution in [0.25, 0.3) is 5.65 Å². The third kappa shape index (κ3) is 2.49. The van der Waals surface area contributed by atoms with E-state index >= 15 is 0 Å². The van der Waals surface area contributed by atoms with E-state index in [1.165, 1.54) is 17.4 Å². The molecule has 2 aromatic rings. The molecule has 0 spiro atoms. The summed E-state index contributed by atoms with van der Waals surface area (Å²) in [6, 6.07) is 3.52. The molecule has 1 fully saturated rings. The number of nitrogens with one attached hydrogen (secondary N) is 1. The molecule has 1 aliphatic carbocycles. The molecular formula is C14H20N6O. The van der Waals surface area contributed by atoms with E-state index in [1.54, 1.807) is 18.3 Å². The molecule has 1 amide bonds. The molecular weight excluding hydrogens is 268 g/mol. The fraction of sp³-hybridized carbons (Fsp3) is 0.571. The lowest BCUT2D eigenvalue weighted by molar-refractivity contribution is 0.0901. The number of carbonyl (C=O) groups excluding carboxylic acids is 1. The van der Waals surface area contributed by atoms with Crippen molar-refractivity contribution in [3.8, 4) is 0 Å². The van der Waals surface area contributed by atoms with Crippen LogP contribution in [-0.4, -0.2) is 57.0 Å². The van der Waals surface area contributed by atoms with Crippen LogP contribution in [0.4, 0.5) is 0 Å². The van der Waals surface area contributed by atoms with E-state index in [1.807, 2.05) is 0 Å². The third-order valence-electron chi connectivity index (χ3n) is 4.53. The van der Waals surface area contributed by atoms with Crippen LogP contribution in [0.3, 0.4) is 0 Å². The molecule has 0 aromatic carbocycles. The van der Waals surface area contributed by atoms with Gasteiger partial charge in [0.25, 0.3) is 5.91 Å². The minimum absolute atomic E-state index is 0.0760. The molecule has 0 bridgehead atoms. The molecule has 112 valence electrons. The number of pyridine rings is 1. The lowest BCUT2D eigenvalue weighted by atomic mass is 9.96. The molecule has 1 aliphatic rings. The SMILES string of the molecule is CN(C)C1(CNC(=O)c2cccn3nnnc23)CCCC1. The first-order valence-corrected chi connectivity index (χ1v) is 7.25. The molecule has 21 heavy (non-hydrogen) atoms. The van der Waals surface area contributed by atoms with Crippen molar-refractivity contribution >= 4 is 11.6 Å². The molecule has 0 aliphatic heterocycles. The van der Waals surface area contributed by atoms with Crippen LogP contribution >= 0.6 is 0 Å². The van der Waals surface area contributed by atoms with Crippen molar-refractivity contribution in [1.29, 1.82) is 0 Å². The lowest BCUT2D eigenvalue weighted by Crippen LogP contribution is -2.50. The van der Waals surface area contributed by atoms with Crippen molar-refractivity contribution < 1.29 is 4.79 Å². The Hall–Kier alpha value is -2.02. The van der Waals surface area contributed by atoms with Gasteiger partial charge in [0.2, 0.25) is 0 Å². The number of nitrogens with zero attached hydrogens (tertiary/aromatic N) is 5.